The molecule has 28 heavy (non-hydrogen) atoms. The maximum Gasteiger partial charge on any atom is 0.271 e. The zero-order chi connectivity index (χ0) is 20.1. The lowest BCUT2D eigenvalue weighted by molar-refractivity contribution is -0.113. The van der Waals surface area contributed by atoms with Crippen molar-refractivity contribution < 1.29 is 9.18 Å². The minimum Gasteiger partial charge on any atom is -0.325 e. The molecule has 0 aliphatic carbocycles. The van der Waals surface area contributed by atoms with Gasteiger partial charge in [-0.15, -0.1) is 0 Å². The molecule has 0 aliphatic rings. The minimum absolute atomic E-state index is 0.120. The quantitative estimate of drug-likeness (QED) is 0.633. The molecule has 1 heterocycles. The Kier molecular flexibility index (Phi) is 6.26. The Bertz CT molecular complexity index is 1020. The lowest BCUT2D eigenvalue weighted by atomic mass is 10.0. The van der Waals surface area contributed by atoms with E-state index in [9.17, 15) is 14.0 Å². The van der Waals surface area contributed by atoms with Crippen LogP contribution in [-0.4, -0.2) is 21.4 Å². The lowest BCUT2D eigenvalue weighted by Gasteiger charge is -2.09. The van der Waals surface area contributed by atoms with Gasteiger partial charge >= 0.3 is 0 Å². The van der Waals surface area contributed by atoms with Crippen molar-refractivity contribution in [3.05, 3.63) is 82.4 Å². The second kappa shape index (κ2) is 8.84. The van der Waals surface area contributed by atoms with Crippen molar-refractivity contribution in [1.82, 2.24) is 9.78 Å². The average Bonchev–Trinajstić information content (AvgIpc) is 2.69. The van der Waals surface area contributed by atoms with Gasteiger partial charge in [-0.3, -0.25) is 9.59 Å². The zero-order valence-corrected chi connectivity index (χ0v) is 16.4. The first kappa shape index (κ1) is 19.8. The Balaban J connectivity index is 1.68. The van der Waals surface area contributed by atoms with Gasteiger partial charge in [-0.1, -0.05) is 37.7 Å². The number of anilines is 1. The molecule has 0 unspecified atom stereocenters. The molecule has 7 heteroatoms. The number of nitrogens with one attached hydrogen (secondary N) is 1. The van der Waals surface area contributed by atoms with E-state index in [4.69, 9.17) is 0 Å². The molecule has 0 aliphatic heterocycles. The minimum atomic E-state index is -0.361. The number of carbonyl (C=O) groups is 1. The third kappa shape index (κ3) is 5.07. The summed E-state index contributed by atoms with van der Waals surface area (Å²) in [5, 5.41) is 7.59. The number of hydrogen-bond donors (Lipinski definition) is 1. The Morgan fingerprint density at radius 3 is 2.39 bits per heavy atom. The number of hydrogen-bond acceptors (Lipinski definition) is 4. The average molecular weight is 397 g/mol. The molecule has 3 rings (SSSR count). The van der Waals surface area contributed by atoms with E-state index in [0.717, 1.165) is 0 Å². The topological polar surface area (TPSA) is 64.0 Å². The molecule has 1 N–H and O–H groups in total. The summed E-state index contributed by atoms with van der Waals surface area (Å²) in [6.45, 7) is 4.21. The number of thioether (sulfide) groups is 1. The summed E-state index contributed by atoms with van der Waals surface area (Å²) in [5.74, 6) is -0.0764. The Hall–Kier alpha value is -2.93. The largest absolute Gasteiger partial charge is 0.325 e. The highest BCUT2D eigenvalue weighted by molar-refractivity contribution is 7.99. The lowest BCUT2D eigenvalue weighted by Crippen LogP contribution is -2.21. The molecule has 2 aromatic carbocycles. The van der Waals surface area contributed by atoms with E-state index >= 15 is 0 Å². The van der Waals surface area contributed by atoms with E-state index in [2.05, 4.69) is 24.3 Å². The molecule has 0 radical (unpaired) electrons. The van der Waals surface area contributed by atoms with Crippen molar-refractivity contribution in [2.75, 3.05) is 11.1 Å². The predicted molar refractivity (Wildman–Crippen MR) is 110 cm³/mol. The summed E-state index contributed by atoms with van der Waals surface area (Å²) >= 11 is 1.22. The molecule has 0 spiro atoms. The predicted octanol–water partition coefficient (Wildman–Crippen LogP) is 4.23. The Morgan fingerprint density at radius 2 is 1.75 bits per heavy atom. The molecule has 0 bridgehead atoms. The van der Waals surface area contributed by atoms with Crippen molar-refractivity contribution in [3.8, 4) is 5.69 Å². The van der Waals surface area contributed by atoms with Crippen LogP contribution in [0.2, 0.25) is 0 Å². The van der Waals surface area contributed by atoms with Crippen molar-refractivity contribution >= 4 is 23.4 Å². The third-order valence-corrected chi connectivity index (χ3v) is 4.98. The van der Waals surface area contributed by atoms with Gasteiger partial charge in [0, 0.05) is 11.8 Å². The van der Waals surface area contributed by atoms with Crippen LogP contribution in [0.5, 0.6) is 0 Å². The highest BCUT2D eigenvalue weighted by Gasteiger charge is 2.08. The summed E-state index contributed by atoms with van der Waals surface area (Å²) in [7, 11) is 0. The number of carbonyl (C=O) groups excluding carboxylic acids is 1. The van der Waals surface area contributed by atoms with Crippen molar-refractivity contribution in [3.63, 3.8) is 0 Å². The third-order valence-electron chi connectivity index (χ3n) is 4.06. The maximum atomic E-state index is 12.9. The van der Waals surface area contributed by atoms with E-state index in [0.29, 0.717) is 22.3 Å². The zero-order valence-electron chi connectivity index (χ0n) is 15.6. The van der Waals surface area contributed by atoms with Crippen LogP contribution < -0.4 is 10.9 Å². The van der Waals surface area contributed by atoms with E-state index in [-0.39, 0.29) is 23.0 Å². The number of halogens is 1. The van der Waals surface area contributed by atoms with Crippen molar-refractivity contribution in [2.45, 2.75) is 24.8 Å². The van der Waals surface area contributed by atoms with Crippen LogP contribution in [-0.2, 0) is 4.79 Å². The summed E-state index contributed by atoms with van der Waals surface area (Å²) < 4.78 is 14.2. The van der Waals surface area contributed by atoms with Gasteiger partial charge in [0.25, 0.3) is 5.56 Å². The first-order valence-electron chi connectivity index (χ1n) is 8.81. The number of amides is 1. The van der Waals surface area contributed by atoms with Crippen molar-refractivity contribution in [2.24, 2.45) is 0 Å². The highest BCUT2D eigenvalue weighted by Crippen LogP contribution is 2.18. The van der Waals surface area contributed by atoms with Crippen LogP contribution >= 0.6 is 11.8 Å². The van der Waals surface area contributed by atoms with Gasteiger partial charge in [0.15, 0.2) is 0 Å². The monoisotopic (exact) mass is 397 g/mol. The van der Waals surface area contributed by atoms with Crippen LogP contribution in [0.1, 0.15) is 25.3 Å². The van der Waals surface area contributed by atoms with E-state index in [1.165, 1.54) is 52.3 Å². The first-order chi connectivity index (χ1) is 13.4. The van der Waals surface area contributed by atoms with Gasteiger partial charge in [0.2, 0.25) is 5.91 Å². The van der Waals surface area contributed by atoms with E-state index in [1.54, 1.807) is 6.07 Å². The molecular formula is C21H20FN3O2S. The fourth-order valence-corrected chi connectivity index (χ4v) is 3.18. The molecule has 144 valence electrons. The molecule has 0 saturated heterocycles. The molecule has 0 fully saturated rings. The smallest absolute Gasteiger partial charge is 0.271 e. The molecular weight excluding hydrogens is 377 g/mol. The molecule has 5 nitrogen and oxygen atoms in total. The number of benzene rings is 2. The SMILES string of the molecule is CC(C)c1ccc(-n2nc(SCC(=O)Nc3ccc(F)cc3)ccc2=O)cc1. The van der Waals surface area contributed by atoms with E-state index in [1.807, 2.05) is 24.3 Å². The Morgan fingerprint density at radius 1 is 1.07 bits per heavy atom. The fraction of sp³-hybridized carbons (Fsp3) is 0.190. The van der Waals surface area contributed by atoms with Crippen LogP contribution in [0.3, 0.4) is 0 Å². The fourth-order valence-electron chi connectivity index (χ4n) is 2.53. The normalized spacial score (nSPS) is 10.9. The maximum absolute atomic E-state index is 12.9. The van der Waals surface area contributed by atoms with Gasteiger partial charge in [-0.25, -0.2) is 4.39 Å². The highest BCUT2D eigenvalue weighted by atomic mass is 32.2. The van der Waals surface area contributed by atoms with Gasteiger partial charge in [0.1, 0.15) is 10.8 Å². The number of aromatic nitrogens is 2. The molecule has 1 aromatic heterocycles. The summed E-state index contributed by atoms with van der Waals surface area (Å²) in [6.07, 6.45) is 0. The number of rotatable bonds is 6. The van der Waals surface area contributed by atoms with Crippen molar-refractivity contribution in [1.29, 1.82) is 0 Å². The first-order valence-corrected chi connectivity index (χ1v) is 9.80. The molecule has 1 amide bonds. The van der Waals surface area contributed by atoms with Crippen LogP contribution in [0, 0.1) is 5.82 Å². The van der Waals surface area contributed by atoms with Gasteiger partial charge in [0.05, 0.1) is 11.4 Å². The van der Waals surface area contributed by atoms with Gasteiger partial charge in [-0.2, -0.15) is 9.78 Å². The summed E-state index contributed by atoms with van der Waals surface area (Å²) in [6, 6.07) is 16.3. The second-order valence-electron chi connectivity index (χ2n) is 6.51. The summed E-state index contributed by atoms with van der Waals surface area (Å²) in [4.78, 5) is 24.3. The molecule has 0 atom stereocenters. The Labute approximate surface area is 166 Å². The van der Waals surface area contributed by atoms with Gasteiger partial charge in [-0.05, 0) is 53.9 Å². The second-order valence-corrected chi connectivity index (χ2v) is 7.51. The van der Waals surface area contributed by atoms with E-state index < -0.39 is 0 Å². The van der Waals surface area contributed by atoms with Gasteiger partial charge < -0.3 is 5.32 Å². The standard InChI is InChI=1S/C21H20FN3O2S/c1-14(2)15-3-9-18(10-4-15)25-21(27)12-11-20(24-25)28-13-19(26)23-17-7-5-16(22)6-8-17/h3-12,14H,13H2,1-2H3,(H,23,26). The summed E-state index contributed by atoms with van der Waals surface area (Å²) in [5.41, 5.74) is 2.14. The van der Waals surface area contributed by atoms with Crippen LogP contribution in [0.25, 0.3) is 5.69 Å². The molecule has 3 aromatic rings. The number of nitrogens with zero attached hydrogens (tertiary/aromatic N) is 2. The molecule has 0 saturated carbocycles. The van der Waals surface area contributed by atoms with Crippen LogP contribution in [0.4, 0.5) is 10.1 Å². The van der Waals surface area contributed by atoms with Crippen LogP contribution in [0.15, 0.2) is 70.5 Å².